The molecule has 0 aliphatic heterocycles. The molecule has 2 heteroatoms. The lowest BCUT2D eigenvalue weighted by Crippen LogP contribution is -1.99. The average Bonchev–Trinajstić information content (AvgIpc) is 2.88. The molecule has 1 aromatic carbocycles. The summed E-state index contributed by atoms with van der Waals surface area (Å²) in [6.45, 7) is 0. The van der Waals surface area contributed by atoms with Gasteiger partial charge in [-0.1, -0.05) is 54.2 Å². The van der Waals surface area contributed by atoms with E-state index in [2.05, 4.69) is 17.0 Å². The Balaban J connectivity index is 2.16. The molecular weight excluding hydrogens is 210 g/mol. The Bertz CT molecular complexity index is 433. The van der Waals surface area contributed by atoms with Gasteiger partial charge in [0.1, 0.15) is 7.11 Å². The minimum absolute atomic E-state index is 0.542. The van der Waals surface area contributed by atoms with Crippen LogP contribution in [0.3, 0.4) is 0 Å². The standard InChI is InChI=1S/C15H17NO/c1-17-16-15(14-9-3-2-4-10-14)12-11-13-7-5-6-8-13/h2-4,9-10,13H,5-8H2,1H3. The summed E-state index contributed by atoms with van der Waals surface area (Å²) in [6, 6.07) is 9.95. The molecule has 0 atom stereocenters. The van der Waals surface area contributed by atoms with Crippen LogP contribution in [-0.2, 0) is 4.84 Å². The molecule has 2 nitrogen and oxygen atoms in total. The van der Waals surface area contributed by atoms with Crippen LogP contribution in [0.1, 0.15) is 31.2 Å². The van der Waals surface area contributed by atoms with Gasteiger partial charge in [-0.25, -0.2) is 0 Å². The Kier molecular flexibility index (Phi) is 4.21. The molecule has 1 saturated carbocycles. The van der Waals surface area contributed by atoms with Crippen molar-refractivity contribution >= 4 is 5.71 Å². The molecule has 1 aliphatic carbocycles. The zero-order valence-corrected chi connectivity index (χ0v) is 10.1. The van der Waals surface area contributed by atoms with Gasteiger partial charge >= 0.3 is 0 Å². The predicted molar refractivity (Wildman–Crippen MR) is 69.7 cm³/mol. The Morgan fingerprint density at radius 2 is 1.94 bits per heavy atom. The second kappa shape index (κ2) is 6.10. The van der Waals surface area contributed by atoms with Crippen molar-refractivity contribution in [3.05, 3.63) is 35.9 Å². The lowest BCUT2D eigenvalue weighted by Gasteiger charge is -1.99. The van der Waals surface area contributed by atoms with Crippen molar-refractivity contribution in [2.45, 2.75) is 25.7 Å². The number of benzene rings is 1. The zero-order chi connectivity index (χ0) is 11.9. The van der Waals surface area contributed by atoms with E-state index in [-0.39, 0.29) is 0 Å². The molecule has 0 radical (unpaired) electrons. The third-order valence-electron chi connectivity index (χ3n) is 2.98. The molecule has 0 saturated heterocycles. The first kappa shape index (κ1) is 11.7. The van der Waals surface area contributed by atoms with Crippen LogP contribution in [0.4, 0.5) is 0 Å². The fourth-order valence-corrected chi connectivity index (χ4v) is 2.08. The topological polar surface area (TPSA) is 21.6 Å². The van der Waals surface area contributed by atoms with Crippen LogP contribution in [0, 0.1) is 17.8 Å². The highest BCUT2D eigenvalue weighted by molar-refractivity contribution is 6.12. The normalized spacial score (nSPS) is 16.4. The van der Waals surface area contributed by atoms with Crippen molar-refractivity contribution in [1.29, 1.82) is 0 Å². The molecule has 88 valence electrons. The van der Waals surface area contributed by atoms with Crippen LogP contribution in [0.15, 0.2) is 35.5 Å². The highest BCUT2D eigenvalue weighted by Crippen LogP contribution is 2.23. The summed E-state index contributed by atoms with van der Waals surface area (Å²) in [5.41, 5.74) is 1.74. The summed E-state index contributed by atoms with van der Waals surface area (Å²) in [5, 5.41) is 4.00. The Labute approximate surface area is 103 Å². The van der Waals surface area contributed by atoms with Gasteiger partial charge in [0, 0.05) is 11.5 Å². The molecule has 0 amide bonds. The van der Waals surface area contributed by atoms with Crippen LogP contribution in [0.25, 0.3) is 0 Å². The Hall–Kier alpha value is -1.75. The number of hydrogen-bond donors (Lipinski definition) is 0. The first-order chi connectivity index (χ1) is 8.40. The van der Waals surface area contributed by atoms with E-state index >= 15 is 0 Å². The molecule has 17 heavy (non-hydrogen) atoms. The predicted octanol–water partition coefficient (Wildman–Crippen LogP) is 3.23. The minimum Gasteiger partial charge on any atom is -0.398 e. The largest absolute Gasteiger partial charge is 0.398 e. The fraction of sp³-hybridized carbons (Fsp3) is 0.400. The highest BCUT2D eigenvalue weighted by atomic mass is 16.6. The maximum atomic E-state index is 4.86. The molecule has 0 heterocycles. The SMILES string of the molecule is CON=C(C#CC1CCCC1)c1ccccc1. The summed E-state index contributed by atoms with van der Waals surface area (Å²) < 4.78 is 0. The maximum Gasteiger partial charge on any atom is 0.159 e. The van der Waals surface area contributed by atoms with E-state index in [9.17, 15) is 0 Å². The van der Waals surface area contributed by atoms with Crippen LogP contribution < -0.4 is 0 Å². The lowest BCUT2D eigenvalue weighted by molar-refractivity contribution is 0.214. The van der Waals surface area contributed by atoms with Crippen LogP contribution in [0.2, 0.25) is 0 Å². The monoisotopic (exact) mass is 227 g/mol. The van der Waals surface area contributed by atoms with Crippen LogP contribution >= 0.6 is 0 Å². The van der Waals surface area contributed by atoms with E-state index in [0.29, 0.717) is 5.92 Å². The second-order valence-electron chi connectivity index (χ2n) is 4.24. The number of oxime groups is 1. The summed E-state index contributed by atoms with van der Waals surface area (Å²) in [7, 11) is 1.56. The van der Waals surface area contributed by atoms with Gasteiger partial charge in [-0.2, -0.15) is 0 Å². The lowest BCUT2D eigenvalue weighted by atomic mass is 10.1. The van der Waals surface area contributed by atoms with Gasteiger partial charge in [0.15, 0.2) is 5.71 Å². The molecule has 0 bridgehead atoms. The second-order valence-corrected chi connectivity index (χ2v) is 4.24. The summed E-state index contributed by atoms with van der Waals surface area (Å²) in [4.78, 5) is 4.86. The van der Waals surface area contributed by atoms with Gasteiger partial charge in [0.05, 0.1) is 0 Å². The smallest absolute Gasteiger partial charge is 0.159 e. The van der Waals surface area contributed by atoms with Gasteiger partial charge in [-0.05, 0) is 18.8 Å². The molecule has 1 fully saturated rings. The molecule has 0 unspecified atom stereocenters. The summed E-state index contributed by atoms with van der Waals surface area (Å²) >= 11 is 0. The molecule has 1 aliphatic rings. The maximum absolute atomic E-state index is 4.86. The van der Waals surface area contributed by atoms with E-state index in [1.54, 1.807) is 7.11 Å². The Morgan fingerprint density at radius 1 is 1.24 bits per heavy atom. The summed E-state index contributed by atoms with van der Waals surface area (Å²) in [5.74, 6) is 7.00. The molecule has 0 N–H and O–H groups in total. The van der Waals surface area contributed by atoms with E-state index in [1.165, 1.54) is 25.7 Å². The van der Waals surface area contributed by atoms with Crippen LogP contribution in [0.5, 0.6) is 0 Å². The van der Waals surface area contributed by atoms with Gasteiger partial charge < -0.3 is 4.84 Å². The average molecular weight is 227 g/mol. The highest BCUT2D eigenvalue weighted by Gasteiger charge is 2.11. The van der Waals surface area contributed by atoms with E-state index in [0.717, 1.165) is 11.3 Å². The molecule has 1 aromatic rings. The molecule has 0 aromatic heterocycles. The Morgan fingerprint density at radius 3 is 2.59 bits per heavy atom. The van der Waals surface area contributed by atoms with Crippen molar-refractivity contribution in [2.24, 2.45) is 11.1 Å². The van der Waals surface area contributed by atoms with Crippen molar-refractivity contribution in [2.75, 3.05) is 7.11 Å². The van der Waals surface area contributed by atoms with E-state index in [4.69, 9.17) is 4.84 Å². The number of hydrogen-bond acceptors (Lipinski definition) is 2. The first-order valence-electron chi connectivity index (χ1n) is 6.08. The minimum atomic E-state index is 0.542. The van der Waals surface area contributed by atoms with Gasteiger partial charge in [0.25, 0.3) is 0 Å². The fourth-order valence-electron chi connectivity index (χ4n) is 2.08. The van der Waals surface area contributed by atoms with Crippen LogP contribution in [-0.4, -0.2) is 12.8 Å². The molecule has 0 spiro atoms. The number of nitrogens with zero attached hydrogens (tertiary/aromatic N) is 1. The summed E-state index contributed by atoms with van der Waals surface area (Å²) in [6.07, 6.45) is 5.06. The van der Waals surface area contributed by atoms with Crippen molar-refractivity contribution < 1.29 is 4.84 Å². The van der Waals surface area contributed by atoms with Crippen molar-refractivity contribution in [3.8, 4) is 11.8 Å². The third kappa shape index (κ3) is 3.35. The van der Waals surface area contributed by atoms with E-state index < -0.39 is 0 Å². The van der Waals surface area contributed by atoms with Crippen molar-refractivity contribution in [3.63, 3.8) is 0 Å². The third-order valence-corrected chi connectivity index (χ3v) is 2.98. The first-order valence-corrected chi connectivity index (χ1v) is 6.08. The number of rotatable bonds is 2. The zero-order valence-electron chi connectivity index (χ0n) is 10.1. The quantitative estimate of drug-likeness (QED) is 0.432. The molecule has 2 rings (SSSR count). The van der Waals surface area contributed by atoms with Gasteiger partial charge in [-0.3, -0.25) is 0 Å². The van der Waals surface area contributed by atoms with Crippen molar-refractivity contribution in [1.82, 2.24) is 0 Å². The molecular formula is C15H17NO. The van der Waals surface area contributed by atoms with Gasteiger partial charge in [-0.15, -0.1) is 0 Å². The van der Waals surface area contributed by atoms with E-state index in [1.807, 2.05) is 30.3 Å². The van der Waals surface area contributed by atoms with Gasteiger partial charge in [0.2, 0.25) is 0 Å².